The van der Waals surface area contributed by atoms with Crippen molar-refractivity contribution in [1.29, 1.82) is 0 Å². The second-order valence-electron chi connectivity index (χ2n) is 8.30. The number of aromatic nitrogens is 2. The standard InChI is InChI=1S/C22H30FN3O2/c1-22(2,3)28-21-8-12-24-20(25-21)11-15-26-13-9-17(10-14-26)16-27-19-7-5-4-6-18(19)23/h4-8,12,17H,9-11,13-16H2,1-3H3. The van der Waals surface area contributed by atoms with Crippen LogP contribution in [-0.2, 0) is 6.42 Å². The Balaban J connectivity index is 1.40. The lowest BCUT2D eigenvalue weighted by atomic mass is 9.97. The molecule has 6 heteroatoms. The second kappa shape index (κ2) is 9.32. The Morgan fingerprint density at radius 2 is 1.89 bits per heavy atom. The van der Waals surface area contributed by atoms with E-state index >= 15 is 0 Å². The lowest BCUT2D eigenvalue weighted by molar-refractivity contribution is 0.123. The summed E-state index contributed by atoms with van der Waals surface area (Å²) in [5.41, 5.74) is -0.266. The average Bonchev–Trinajstić information content (AvgIpc) is 2.65. The average molecular weight is 387 g/mol. The van der Waals surface area contributed by atoms with Gasteiger partial charge < -0.3 is 14.4 Å². The molecule has 5 nitrogen and oxygen atoms in total. The highest BCUT2D eigenvalue weighted by Gasteiger charge is 2.20. The van der Waals surface area contributed by atoms with Crippen molar-refractivity contribution in [3.8, 4) is 11.6 Å². The van der Waals surface area contributed by atoms with E-state index < -0.39 is 0 Å². The number of hydrogen-bond donors (Lipinski definition) is 0. The third-order valence-corrected chi connectivity index (χ3v) is 4.76. The Labute approximate surface area is 166 Å². The molecule has 1 aliphatic heterocycles. The molecule has 0 radical (unpaired) electrons. The fourth-order valence-electron chi connectivity index (χ4n) is 3.28. The molecule has 1 aromatic carbocycles. The van der Waals surface area contributed by atoms with Gasteiger partial charge in [-0.3, -0.25) is 0 Å². The Bertz CT molecular complexity index is 755. The zero-order chi connectivity index (χ0) is 20.0. The molecular formula is C22H30FN3O2. The Hall–Kier alpha value is -2.21. The number of hydrogen-bond acceptors (Lipinski definition) is 5. The molecule has 1 aromatic heterocycles. The van der Waals surface area contributed by atoms with Crippen molar-refractivity contribution in [3.05, 3.63) is 48.2 Å². The summed E-state index contributed by atoms with van der Waals surface area (Å²) in [7, 11) is 0. The molecule has 0 amide bonds. The van der Waals surface area contributed by atoms with Crippen molar-refractivity contribution in [2.45, 2.75) is 45.6 Å². The Morgan fingerprint density at radius 1 is 1.14 bits per heavy atom. The lowest BCUT2D eigenvalue weighted by Crippen LogP contribution is -2.37. The first kappa shape index (κ1) is 20.5. The molecular weight excluding hydrogens is 357 g/mol. The quantitative estimate of drug-likeness (QED) is 0.715. The minimum atomic E-state index is -0.294. The summed E-state index contributed by atoms with van der Waals surface area (Å²) in [5.74, 6) is 1.96. The fraction of sp³-hybridized carbons (Fsp3) is 0.545. The van der Waals surface area contributed by atoms with Gasteiger partial charge in [0.25, 0.3) is 0 Å². The third kappa shape index (κ3) is 6.44. The van der Waals surface area contributed by atoms with Gasteiger partial charge in [-0.15, -0.1) is 0 Å². The van der Waals surface area contributed by atoms with Crippen molar-refractivity contribution >= 4 is 0 Å². The van der Waals surface area contributed by atoms with E-state index in [1.54, 1.807) is 30.5 Å². The summed E-state index contributed by atoms with van der Waals surface area (Å²) in [6.07, 6.45) is 4.68. The molecule has 0 bridgehead atoms. The Morgan fingerprint density at radius 3 is 2.61 bits per heavy atom. The maximum atomic E-state index is 13.6. The summed E-state index contributed by atoms with van der Waals surface area (Å²) in [6, 6.07) is 8.39. The van der Waals surface area contributed by atoms with Gasteiger partial charge in [-0.05, 0) is 64.8 Å². The molecule has 0 atom stereocenters. The SMILES string of the molecule is CC(C)(C)Oc1ccnc(CCN2CCC(COc3ccccc3F)CC2)n1. The highest BCUT2D eigenvalue weighted by Crippen LogP contribution is 2.21. The van der Waals surface area contributed by atoms with E-state index in [0.29, 0.717) is 24.2 Å². The fourth-order valence-corrected chi connectivity index (χ4v) is 3.28. The lowest BCUT2D eigenvalue weighted by Gasteiger charge is -2.31. The summed E-state index contributed by atoms with van der Waals surface area (Å²) < 4.78 is 25.1. The minimum Gasteiger partial charge on any atom is -0.490 e. The molecule has 2 aromatic rings. The van der Waals surface area contributed by atoms with Crippen LogP contribution in [0.5, 0.6) is 11.6 Å². The van der Waals surface area contributed by atoms with Gasteiger partial charge >= 0.3 is 0 Å². The molecule has 1 fully saturated rings. The van der Waals surface area contributed by atoms with Crippen molar-refractivity contribution in [2.24, 2.45) is 5.92 Å². The first-order valence-electron chi connectivity index (χ1n) is 10.00. The van der Waals surface area contributed by atoms with Crippen LogP contribution in [-0.4, -0.2) is 46.7 Å². The Kier molecular flexibility index (Phi) is 6.83. The van der Waals surface area contributed by atoms with Gasteiger partial charge in [-0.2, -0.15) is 4.98 Å². The second-order valence-corrected chi connectivity index (χ2v) is 8.30. The van der Waals surface area contributed by atoms with Crippen LogP contribution < -0.4 is 9.47 Å². The van der Waals surface area contributed by atoms with Crippen LogP contribution in [0.3, 0.4) is 0 Å². The van der Waals surface area contributed by atoms with Gasteiger partial charge in [0, 0.05) is 25.2 Å². The van der Waals surface area contributed by atoms with Crippen LogP contribution in [0.25, 0.3) is 0 Å². The number of ether oxygens (including phenoxy) is 2. The van der Waals surface area contributed by atoms with Crippen LogP contribution in [0.15, 0.2) is 36.5 Å². The molecule has 2 heterocycles. The van der Waals surface area contributed by atoms with Gasteiger partial charge in [-0.25, -0.2) is 9.37 Å². The highest BCUT2D eigenvalue weighted by molar-refractivity contribution is 5.23. The smallest absolute Gasteiger partial charge is 0.217 e. The van der Waals surface area contributed by atoms with E-state index in [2.05, 4.69) is 14.9 Å². The zero-order valence-corrected chi connectivity index (χ0v) is 17.0. The van der Waals surface area contributed by atoms with Gasteiger partial charge in [0.05, 0.1) is 6.61 Å². The van der Waals surface area contributed by atoms with Crippen molar-refractivity contribution in [2.75, 3.05) is 26.2 Å². The number of nitrogens with zero attached hydrogens (tertiary/aromatic N) is 3. The van der Waals surface area contributed by atoms with Crippen LogP contribution in [0.2, 0.25) is 0 Å². The van der Waals surface area contributed by atoms with E-state index in [-0.39, 0.29) is 11.4 Å². The first-order chi connectivity index (χ1) is 13.4. The summed E-state index contributed by atoms with van der Waals surface area (Å²) in [4.78, 5) is 11.3. The number of para-hydroxylation sites is 1. The molecule has 0 spiro atoms. The normalized spacial score (nSPS) is 16.1. The van der Waals surface area contributed by atoms with Crippen LogP contribution in [0.4, 0.5) is 4.39 Å². The zero-order valence-electron chi connectivity index (χ0n) is 17.0. The molecule has 0 saturated carbocycles. The predicted octanol–water partition coefficient (Wildman–Crippen LogP) is 4.13. The van der Waals surface area contributed by atoms with Crippen molar-refractivity contribution < 1.29 is 13.9 Å². The molecule has 1 saturated heterocycles. The van der Waals surface area contributed by atoms with E-state index in [1.165, 1.54) is 6.07 Å². The maximum absolute atomic E-state index is 13.6. The predicted molar refractivity (Wildman–Crippen MR) is 107 cm³/mol. The van der Waals surface area contributed by atoms with Crippen LogP contribution >= 0.6 is 0 Å². The monoisotopic (exact) mass is 387 g/mol. The van der Waals surface area contributed by atoms with E-state index in [9.17, 15) is 4.39 Å². The highest BCUT2D eigenvalue weighted by atomic mass is 19.1. The molecule has 0 unspecified atom stereocenters. The summed E-state index contributed by atoms with van der Waals surface area (Å²) in [6.45, 7) is 9.56. The topological polar surface area (TPSA) is 47.5 Å². The molecule has 28 heavy (non-hydrogen) atoms. The number of piperidine rings is 1. The number of likely N-dealkylation sites (tertiary alicyclic amines) is 1. The molecule has 1 aliphatic rings. The van der Waals surface area contributed by atoms with E-state index in [4.69, 9.17) is 9.47 Å². The molecule has 3 rings (SSSR count). The van der Waals surface area contributed by atoms with Gasteiger partial charge in [0.1, 0.15) is 11.4 Å². The summed E-state index contributed by atoms with van der Waals surface area (Å²) >= 11 is 0. The largest absolute Gasteiger partial charge is 0.490 e. The molecule has 0 N–H and O–H groups in total. The number of halogens is 1. The van der Waals surface area contributed by atoms with Gasteiger partial charge in [0.15, 0.2) is 11.6 Å². The first-order valence-corrected chi connectivity index (χ1v) is 10.00. The maximum Gasteiger partial charge on any atom is 0.217 e. The summed E-state index contributed by atoms with van der Waals surface area (Å²) in [5, 5.41) is 0. The van der Waals surface area contributed by atoms with Gasteiger partial charge in [-0.1, -0.05) is 12.1 Å². The van der Waals surface area contributed by atoms with Crippen molar-refractivity contribution in [1.82, 2.24) is 14.9 Å². The number of benzene rings is 1. The minimum absolute atomic E-state index is 0.266. The molecule has 152 valence electrons. The van der Waals surface area contributed by atoms with Crippen LogP contribution in [0.1, 0.15) is 39.4 Å². The van der Waals surface area contributed by atoms with E-state index in [1.807, 2.05) is 20.8 Å². The molecule has 0 aliphatic carbocycles. The third-order valence-electron chi connectivity index (χ3n) is 4.76. The van der Waals surface area contributed by atoms with Crippen LogP contribution in [0, 0.1) is 11.7 Å². The van der Waals surface area contributed by atoms with E-state index in [0.717, 1.165) is 44.7 Å². The van der Waals surface area contributed by atoms with Gasteiger partial charge in [0.2, 0.25) is 5.88 Å². The number of rotatable bonds is 7. The van der Waals surface area contributed by atoms with Crippen molar-refractivity contribution in [3.63, 3.8) is 0 Å².